The molecule has 2 nitrogen and oxygen atoms in total. The van der Waals surface area contributed by atoms with E-state index >= 15 is 0 Å². The van der Waals surface area contributed by atoms with Crippen LogP contribution in [0.15, 0.2) is 0 Å². The molecule has 0 aromatic carbocycles. The molecule has 4 unspecified atom stereocenters. The maximum Gasteiger partial charge on any atom is 0.127 e. The van der Waals surface area contributed by atoms with E-state index in [9.17, 15) is 0 Å². The van der Waals surface area contributed by atoms with Crippen LogP contribution in [-0.2, 0) is 0 Å². The van der Waals surface area contributed by atoms with E-state index in [1.54, 1.807) is 0 Å². The number of nitrogens with zero attached hydrogens (tertiary/aromatic N) is 2. The molecule has 1 spiro atoms. The van der Waals surface area contributed by atoms with Crippen molar-refractivity contribution in [2.75, 3.05) is 13.1 Å². The van der Waals surface area contributed by atoms with E-state index in [0.717, 1.165) is 18.5 Å². The Balaban J connectivity index is 1.36. The van der Waals surface area contributed by atoms with Gasteiger partial charge in [-0.05, 0) is 76.7 Å². The van der Waals surface area contributed by atoms with Gasteiger partial charge in [0.25, 0.3) is 0 Å². The third-order valence-corrected chi connectivity index (χ3v) is 9.71. The Morgan fingerprint density at radius 1 is 0.926 bits per heavy atom. The molecule has 4 fully saturated rings. The number of likely N-dealkylation sites (tertiary alicyclic amines) is 2. The molecule has 156 valence electrons. The molecule has 0 aromatic rings. The van der Waals surface area contributed by atoms with Gasteiger partial charge in [-0.2, -0.15) is 0 Å². The van der Waals surface area contributed by atoms with E-state index in [1.807, 2.05) is 0 Å². The van der Waals surface area contributed by atoms with E-state index in [4.69, 9.17) is 23.2 Å². The van der Waals surface area contributed by atoms with Crippen LogP contribution < -0.4 is 0 Å². The van der Waals surface area contributed by atoms with E-state index in [0.29, 0.717) is 41.3 Å². The third-order valence-electron chi connectivity index (χ3n) is 8.65. The monoisotopic (exact) mass is 414 g/mol. The SMILES string of the molecule is CC(C)C1N(C(C)CCC(C)[C@@H]2C3[C@H](CN2C(C)C)C3(Cl)Cl)CCC12CC2. The molecule has 2 aliphatic heterocycles. The maximum atomic E-state index is 6.61. The van der Waals surface area contributed by atoms with E-state index in [-0.39, 0.29) is 0 Å². The summed E-state index contributed by atoms with van der Waals surface area (Å²) in [5.74, 6) is 2.42. The number of fused-ring (bicyclic) bond motifs is 1. The number of hydrogen-bond donors (Lipinski definition) is 0. The third kappa shape index (κ3) is 3.39. The van der Waals surface area contributed by atoms with Gasteiger partial charge in [-0.1, -0.05) is 20.8 Å². The van der Waals surface area contributed by atoms with Crippen LogP contribution in [0.3, 0.4) is 0 Å². The number of rotatable bonds is 7. The van der Waals surface area contributed by atoms with Gasteiger partial charge in [0.05, 0.1) is 0 Å². The van der Waals surface area contributed by atoms with Crippen molar-refractivity contribution in [3.8, 4) is 0 Å². The van der Waals surface area contributed by atoms with Gasteiger partial charge < -0.3 is 0 Å². The zero-order valence-electron chi connectivity index (χ0n) is 18.2. The molecule has 6 atom stereocenters. The van der Waals surface area contributed by atoms with Crippen LogP contribution in [0.1, 0.15) is 73.6 Å². The molecule has 27 heavy (non-hydrogen) atoms. The van der Waals surface area contributed by atoms with Crippen molar-refractivity contribution in [2.45, 2.75) is 102 Å². The Bertz CT molecular complexity index is 555. The van der Waals surface area contributed by atoms with E-state index < -0.39 is 4.33 Å². The molecule has 4 heteroatoms. The summed E-state index contributed by atoms with van der Waals surface area (Å²) < 4.78 is -0.452. The highest BCUT2D eigenvalue weighted by molar-refractivity contribution is 6.51. The average Bonchev–Trinajstić information content (AvgIpc) is 3.29. The van der Waals surface area contributed by atoms with Gasteiger partial charge >= 0.3 is 0 Å². The summed E-state index contributed by atoms with van der Waals surface area (Å²) >= 11 is 13.2. The van der Waals surface area contributed by atoms with Crippen LogP contribution in [0.2, 0.25) is 0 Å². The van der Waals surface area contributed by atoms with Crippen LogP contribution in [-0.4, -0.2) is 51.4 Å². The van der Waals surface area contributed by atoms with Crippen molar-refractivity contribution in [1.29, 1.82) is 0 Å². The first-order valence-electron chi connectivity index (χ1n) is 11.5. The van der Waals surface area contributed by atoms with Crippen molar-refractivity contribution in [1.82, 2.24) is 9.80 Å². The van der Waals surface area contributed by atoms with Crippen molar-refractivity contribution < 1.29 is 0 Å². The van der Waals surface area contributed by atoms with Crippen molar-refractivity contribution >= 4 is 23.2 Å². The predicted octanol–water partition coefficient (Wildman–Crippen LogP) is 5.81. The zero-order chi connectivity index (χ0) is 19.7. The van der Waals surface area contributed by atoms with Crippen molar-refractivity contribution in [3.63, 3.8) is 0 Å². The lowest BCUT2D eigenvalue weighted by molar-refractivity contribution is 0.0978. The van der Waals surface area contributed by atoms with Gasteiger partial charge in [0.2, 0.25) is 0 Å². The highest BCUT2D eigenvalue weighted by atomic mass is 35.5. The van der Waals surface area contributed by atoms with Crippen LogP contribution in [0, 0.1) is 29.1 Å². The molecule has 0 N–H and O–H groups in total. The van der Waals surface area contributed by atoms with Gasteiger partial charge in [-0.25, -0.2) is 0 Å². The molecule has 0 bridgehead atoms. The molecule has 0 amide bonds. The maximum absolute atomic E-state index is 6.61. The first kappa shape index (κ1) is 20.8. The first-order chi connectivity index (χ1) is 12.6. The smallest absolute Gasteiger partial charge is 0.127 e. The molecule has 2 aliphatic carbocycles. The zero-order valence-corrected chi connectivity index (χ0v) is 19.7. The summed E-state index contributed by atoms with van der Waals surface area (Å²) in [6.45, 7) is 16.8. The van der Waals surface area contributed by atoms with Crippen molar-refractivity contribution in [3.05, 3.63) is 0 Å². The summed E-state index contributed by atoms with van der Waals surface area (Å²) in [4.78, 5) is 5.55. The molecule has 2 saturated carbocycles. The highest BCUT2D eigenvalue weighted by Crippen LogP contribution is 2.67. The summed E-state index contributed by atoms with van der Waals surface area (Å²) in [5.41, 5.74) is 0.687. The van der Waals surface area contributed by atoms with Gasteiger partial charge in [-0.3, -0.25) is 9.80 Å². The minimum absolute atomic E-state index is 0.452. The summed E-state index contributed by atoms with van der Waals surface area (Å²) in [6.07, 6.45) is 6.97. The number of hydrogen-bond acceptors (Lipinski definition) is 2. The second kappa shape index (κ2) is 7.03. The fourth-order valence-electron chi connectivity index (χ4n) is 7.03. The summed E-state index contributed by atoms with van der Waals surface area (Å²) in [5, 5.41) is 0. The topological polar surface area (TPSA) is 6.48 Å². The predicted molar refractivity (Wildman–Crippen MR) is 117 cm³/mol. The Labute approximate surface area is 177 Å². The molecular weight excluding hydrogens is 375 g/mol. The first-order valence-corrected chi connectivity index (χ1v) is 12.2. The van der Waals surface area contributed by atoms with Gasteiger partial charge in [-0.15, -0.1) is 23.2 Å². The second-order valence-electron chi connectivity index (χ2n) is 11.0. The number of alkyl halides is 2. The lowest BCUT2D eigenvalue weighted by atomic mass is 9.87. The van der Waals surface area contributed by atoms with Gasteiger partial charge in [0.1, 0.15) is 4.33 Å². The largest absolute Gasteiger partial charge is 0.297 e. The number of halogens is 2. The van der Waals surface area contributed by atoms with E-state index in [1.165, 1.54) is 38.6 Å². The Morgan fingerprint density at radius 3 is 2.15 bits per heavy atom. The minimum Gasteiger partial charge on any atom is -0.297 e. The van der Waals surface area contributed by atoms with Crippen LogP contribution in [0.5, 0.6) is 0 Å². The van der Waals surface area contributed by atoms with Crippen molar-refractivity contribution in [2.24, 2.45) is 29.1 Å². The molecule has 0 aromatic heterocycles. The summed E-state index contributed by atoms with van der Waals surface area (Å²) in [6, 6.07) is 2.66. The fourth-order valence-corrected chi connectivity index (χ4v) is 7.88. The average molecular weight is 415 g/mol. The second-order valence-corrected chi connectivity index (χ2v) is 12.5. The van der Waals surface area contributed by atoms with E-state index in [2.05, 4.69) is 51.3 Å². The molecule has 4 aliphatic rings. The Morgan fingerprint density at radius 2 is 1.59 bits per heavy atom. The van der Waals surface area contributed by atoms with Crippen LogP contribution >= 0.6 is 23.2 Å². The molecule has 2 heterocycles. The lowest BCUT2D eigenvalue weighted by Crippen LogP contribution is -2.46. The Kier molecular flexibility index (Phi) is 5.41. The highest BCUT2D eigenvalue weighted by Gasteiger charge is 2.71. The van der Waals surface area contributed by atoms with Gasteiger partial charge in [0.15, 0.2) is 0 Å². The van der Waals surface area contributed by atoms with Crippen LogP contribution in [0.4, 0.5) is 0 Å². The normalized spacial score (nSPS) is 39.3. The van der Waals surface area contributed by atoms with Gasteiger partial charge in [0, 0.05) is 42.5 Å². The standard InChI is InChI=1S/C23H40Cl2N2/c1-14(2)21-22(9-10-22)11-12-26(21)17(6)8-7-16(5)20-19-18(23(19,24)25)13-27(20)15(3)4/h14-21H,7-13H2,1-6H3/t16?,17?,18-,19?,20+,21?/m0/s1. The minimum atomic E-state index is -0.452. The quantitative estimate of drug-likeness (QED) is 0.484. The molecule has 4 rings (SSSR count). The Hall–Kier alpha value is 0.500. The molecule has 2 saturated heterocycles. The lowest BCUT2D eigenvalue weighted by Gasteiger charge is -2.39. The number of piperidine rings is 1. The molecule has 0 radical (unpaired) electrons. The van der Waals surface area contributed by atoms with Crippen LogP contribution in [0.25, 0.3) is 0 Å². The fraction of sp³-hybridized carbons (Fsp3) is 1.00. The molecular formula is C23H40Cl2N2. The summed E-state index contributed by atoms with van der Waals surface area (Å²) in [7, 11) is 0.